The Morgan fingerprint density at radius 1 is 1.29 bits per heavy atom. The Bertz CT molecular complexity index is 342. The normalized spacial score (nSPS) is 12.1. The maximum Gasteiger partial charge on any atom is 0.318 e. The molecule has 0 aliphatic rings. The Labute approximate surface area is 81.3 Å². The van der Waals surface area contributed by atoms with Crippen molar-refractivity contribution in [2.24, 2.45) is 0 Å². The molecule has 0 heterocycles. The smallest absolute Gasteiger partial charge is 0.318 e. The van der Waals surface area contributed by atoms with E-state index in [-0.39, 0.29) is 5.78 Å². The highest BCUT2D eigenvalue weighted by Gasteiger charge is 2.24. The number of hydrogen-bond donors (Lipinski definition) is 2. The summed E-state index contributed by atoms with van der Waals surface area (Å²) in [4.78, 5) is 21.8. The molecule has 0 bridgehead atoms. The van der Waals surface area contributed by atoms with Crippen LogP contribution in [0.15, 0.2) is 24.3 Å². The van der Waals surface area contributed by atoms with Crippen LogP contribution in [0.3, 0.4) is 0 Å². The Balaban J connectivity index is 3.06. The molecule has 3 N–H and O–H groups in total. The van der Waals surface area contributed by atoms with E-state index >= 15 is 0 Å². The number of benzene rings is 1. The zero-order valence-electron chi connectivity index (χ0n) is 7.73. The number of aliphatic carboxylic acids is 1. The second-order valence-corrected chi connectivity index (χ2v) is 3.05. The van der Waals surface area contributed by atoms with Crippen LogP contribution < -0.4 is 5.73 Å². The number of Topliss-reactive ketones (excluding diaryl/α,β-unsaturated/α-hetero) is 1. The van der Waals surface area contributed by atoms with Crippen molar-refractivity contribution in [3.05, 3.63) is 29.8 Å². The van der Waals surface area contributed by atoms with E-state index in [1.54, 1.807) is 24.3 Å². The number of anilines is 1. The lowest BCUT2D eigenvalue weighted by Gasteiger charge is -2.08. The minimum Gasteiger partial charge on any atom is -0.480 e. The van der Waals surface area contributed by atoms with Crippen molar-refractivity contribution in [2.45, 2.75) is 12.8 Å². The Kier molecular flexibility index (Phi) is 2.86. The summed E-state index contributed by atoms with van der Waals surface area (Å²) in [6.45, 7) is 1.26. The van der Waals surface area contributed by atoms with Gasteiger partial charge in [-0.25, -0.2) is 0 Å². The van der Waals surface area contributed by atoms with Gasteiger partial charge in [-0.1, -0.05) is 12.1 Å². The highest BCUT2D eigenvalue weighted by atomic mass is 16.4. The third kappa shape index (κ3) is 2.10. The van der Waals surface area contributed by atoms with Crippen LogP contribution in [-0.4, -0.2) is 16.9 Å². The van der Waals surface area contributed by atoms with Crippen LogP contribution in [0.5, 0.6) is 0 Å². The van der Waals surface area contributed by atoms with Crippen LogP contribution in [0.4, 0.5) is 5.69 Å². The summed E-state index contributed by atoms with van der Waals surface area (Å²) in [5.74, 6) is -2.61. The summed E-state index contributed by atoms with van der Waals surface area (Å²) in [6, 6.07) is 6.26. The summed E-state index contributed by atoms with van der Waals surface area (Å²) in [5.41, 5.74) is 6.45. The molecule has 1 atom stereocenters. The molecule has 0 aliphatic carbocycles. The van der Waals surface area contributed by atoms with Crippen LogP contribution in [-0.2, 0) is 9.59 Å². The summed E-state index contributed by atoms with van der Waals surface area (Å²) < 4.78 is 0. The lowest BCUT2D eigenvalue weighted by Crippen LogP contribution is -2.18. The number of carboxylic acids is 1. The van der Waals surface area contributed by atoms with Gasteiger partial charge in [0, 0.05) is 5.69 Å². The van der Waals surface area contributed by atoms with Crippen LogP contribution >= 0.6 is 0 Å². The van der Waals surface area contributed by atoms with Gasteiger partial charge < -0.3 is 10.8 Å². The summed E-state index contributed by atoms with van der Waals surface area (Å²) in [6.07, 6.45) is 0. The first-order valence-electron chi connectivity index (χ1n) is 4.11. The molecule has 4 heteroatoms. The van der Waals surface area contributed by atoms with E-state index in [1.165, 1.54) is 6.92 Å². The van der Waals surface area contributed by atoms with E-state index in [4.69, 9.17) is 10.8 Å². The molecule has 1 rings (SSSR count). The number of rotatable bonds is 3. The SMILES string of the molecule is CC(=O)C(C(=O)O)c1ccc(N)cc1. The lowest BCUT2D eigenvalue weighted by atomic mass is 9.95. The molecular weight excluding hydrogens is 182 g/mol. The van der Waals surface area contributed by atoms with Gasteiger partial charge in [0.1, 0.15) is 11.7 Å². The number of ketones is 1. The van der Waals surface area contributed by atoms with Gasteiger partial charge in [-0.05, 0) is 24.6 Å². The van der Waals surface area contributed by atoms with Crippen LogP contribution in [0, 0.1) is 0 Å². The summed E-state index contributed by atoms with van der Waals surface area (Å²) in [7, 11) is 0. The Morgan fingerprint density at radius 2 is 1.79 bits per heavy atom. The van der Waals surface area contributed by atoms with Crippen molar-refractivity contribution >= 4 is 17.4 Å². The third-order valence-corrected chi connectivity index (χ3v) is 1.92. The van der Waals surface area contributed by atoms with E-state index in [2.05, 4.69) is 0 Å². The number of hydrogen-bond acceptors (Lipinski definition) is 3. The van der Waals surface area contributed by atoms with Crippen LogP contribution in [0.1, 0.15) is 18.4 Å². The van der Waals surface area contributed by atoms with Crippen molar-refractivity contribution in [1.82, 2.24) is 0 Å². The predicted molar refractivity (Wildman–Crippen MR) is 51.9 cm³/mol. The van der Waals surface area contributed by atoms with Gasteiger partial charge in [0.15, 0.2) is 0 Å². The van der Waals surface area contributed by atoms with Gasteiger partial charge >= 0.3 is 5.97 Å². The van der Waals surface area contributed by atoms with Crippen LogP contribution in [0.25, 0.3) is 0 Å². The van der Waals surface area contributed by atoms with E-state index < -0.39 is 11.9 Å². The summed E-state index contributed by atoms with van der Waals surface area (Å²) >= 11 is 0. The number of nitrogen functional groups attached to an aromatic ring is 1. The highest BCUT2D eigenvalue weighted by molar-refractivity contribution is 6.02. The van der Waals surface area contributed by atoms with Gasteiger partial charge in [0.25, 0.3) is 0 Å². The second-order valence-electron chi connectivity index (χ2n) is 3.05. The summed E-state index contributed by atoms with van der Waals surface area (Å²) in [5, 5.41) is 8.81. The zero-order valence-corrected chi connectivity index (χ0v) is 7.73. The Morgan fingerprint density at radius 3 is 2.14 bits per heavy atom. The average molecular weight is 193 g/mol. The standard InChI is InChI=1S/C10H11NO3/c1-6(12)9(10(13)14)7-2-4-8(11)5-3-7/h2-5,9H,11H2,1H3,(H,13,14). The molecule has 14 heavy (non-hydrogen) atoms. The molecular formula is C10H11NO3. The first-order valence-corrected chi connectivity index (χ1v) is 4.11. The lowest BCUT2D eigenvalue weighted by molar-refractivity contribution is -0.142. The van der Waals surface area contributed by atoms with E-state index in [1.807, 2.05) is 0 Å². The number of carbonyl (C=O) groups excluding carboxylic acids is 1. The van der Waals surface area contributed by atoms with Gasteiger partial charge in [-0.15, -0.1) is 0 Å². The van der Waals surface area contributed by atoms with E-state index in [0.717, 1.165) is 0 Å². The fraction of sp³-hybridized carbons (Fsp3) is 0.200. The molecule has 0 radical (unpaired) electrons. The minimum atomic E-state index is -1.14. The fourth-order valence-electron chi connectivity index (χ4n) is 1.24. The topological polar surface area (TPSA) is 80.4 Å². The fourth-order valence-corrected chi connectivity index (χ4v) is 1.24. The molecule has 0 aromatic heterocycles. The molecule has 1 unspecified atom stereocenters. The molecule has 0 saturated carbocycles. The number of carboxylic acid groups (broad SMARTS) is 1. The minimum absolute atomic E-state index is 0.387. The van der Waals surface area contributed by atoms with Crippen molar-refractivity contribution < 1.29 is 14.7 Å². The molecule has 74 valence electrons. The molecule has 0 saturated heterocycles. The van der Waals surface area contributed by atoms with Gasteiger partial charge in [0.05, 0.1) is 0 Å². The van der Waals surface area contributed by atoms with E-state index in [9.17, 15) is 9.59 Å². The molecule has 1 aromatic carbocycles. The molecule has 0 fully saturated rings. The maximum atomic E-state index is 11.1. The average Bonchev–Trinajstić information content (AvgIpc) is 2.07. The zero-order chi connectivity index (χ0) is 10.7. The van der Waals surface area contributed by atoms with E-state index in [0.29, 0.717) is 11.3 Å². The molecule has 0 amide bonds. The van der Waals surface area contributed by atoms with Crippen molar-refractivity contribution in [1.29, 1.82) is 0 Å². The Hall–Kier alpha value is -1.84. The van der Waals surface area contributed by atoms with Gasteiger partial charge in [-0.3, -0.25) is 9.59 Å². The first-order chi connectivity index (χ1) is 6.52. The monoisotopic (exact) mass is 193 g/mol. The van der Waals surface area contributed by atoms with Crippen LogP contribution in [0.2, 0.25) is 0 Å². The molecule has 4 nitrogen and oxygen atoms in total. The van der Waals surface area contributed by atoms with Crippen molar-refractivity contribution in [2.75, 3.05) is 5.73 Å². The second kappa shape index (κ2) is 3.91. The number of nitrogens with two attached hydrogens (primary N) is 1. The molecule has 0 aliphatic heterocycles. The predicted octanol–water partition coefficient (Wildman–Crippen LogP) is 1.03. The number of carbonyl (C=O) groups is 2. The molecule has 0 spiro atoms. The molecule has 1 aromatic rings. The van der Waals surface area contributed by atoms with Crippen molar-refractivity contribution in [3.63, 3.8) is 0 Å². The first kappa shape index (κ1) is 10.2. The largest absolute Gasteiger partial charge is 0.480 e. The highest BCUT2D eigenvalue weighted by Crippen LogP contribution is 2.18. The van der Waals surface area contributed by atoms with Crippen molar-refractivity contribution in [3.8, 4) is 0 Å². The quantitative estimate of drug-likeness (QED) is 0.555. The van der Waals surface area contributed by atoms with Gasteiger partial charge in [-0.2, -0.15) is 0 Å². The third-order valence-electron chi connectivity index (χ3n) is 1.92. The maximum absolute atomic E-state index is 11.1. The van der Waals surface area contributed by atoms with Gasteiger partial charge in [0.2, 0.25) is 0 Å².